The second kappa shape index (κ2) is 12.5. The first-order valence-corrected chi connectivity index (χ1v) is 16.4. The molecule has 4 rings (SSSR count). The average molecular weight is 680 g/mol. The smallest absolute Gasteiger partial charge is 0.410 e. The number of anilines is 1. The van der Waals surface area contributed by atoms with Crippen LogP contribution in [0.3, 0.4) is 0 Å². The van der Waals surface area contributed by atoms with Crippen molar-refractivity contribution in [2.45, 2.75) is 92.0 Å². The third-order valence-electron chi connectivity index (χ3n) is 6.36. The van der Waals surface area contributed by atoms with Crippen molar-refractivity contribution < 1.29 is 23.9 Å². The van der Waals surface area contributed by atoms with Gasteiger partial charge in [0.25, 0.3) is 0 Å². The van der Waals surface area contributed by atoms with E-state index in [1.165, 1.54) is 11.3 Å². The third-order valence-corrected chi connectivity index (χ3v) is 9.04. The first kappa shape index (κ1) is 32.2. The number of halogens is 1. The second-order valence-corrected chi connectivity index (χ2v) is 15.6. The summed E-state index contributed by atoms with van der Waals surface area (Å²) in [5, 5.41) is 4.62. The zero-order chi connectivity index (χ0) is 31.0. The van der Waals surface area contributed by atoms with E-state index in [4.69, 9.17) is 14.5 Å². The van der Waals surface area contributed by atoms with Crippen LogP contribution in [-0.4, -0.2) is 63.2 Å². The van der Waals surface area contributed by atoms with E-state index in [1.807, 2.05) is 73.6 Å². The number of carbonyl (C=O) groups is 3. The van der Waals surface area contributed by atoms with Gasteiger partial charge in [-0.3, -0.25) is 4.79 Å². The summed E-state index contributed by atoms with van der Waals surface area (Å²) in [6.07, 6.45) is -0.0683. The SMILES string of the molecule is CC(C)N(CCC(=O)Nc1sc2c(c1-c1nc3cc(Br)ccc3s1)CCN(C(=O)OC(C)(C)C)C2)C(=O)OC(C)(C)C. The van der Waals surface area contributed by atoms with Crippen molar-refractivity contribution in [2.75, 3.05) is 18.4 Å². The minimum Gasteiger partial charge on any atom is -0.444 e. The van der Waals surface area contributed by atoms with Crippen LogP contribution in [0.15, 0.2) is 22.7 Å². The Morgan fingerprint density at radius 2 is 1.79 bits per heavy atom. The van der Waals surface area contributed by atoms with E-state index < -0.39 is 17.3 Å². The van der Waals surface area contributed by atoms with E-state index in [1.54, 1.807) is 21.1 Å². The summed E-state index contributed by atoms with van der Waals surface area (Å²) in [7, 11) is 0. The van der Waals surface area contributed by atoms with Crippen LogP contribution in [0.2, 0.25) is 0 Å². The fraction of sp³-hybridized carbons (Fsp3) is 0.533. The lowest BCUT2D eigenvalue weighted by Gasteiger charge is -2.30. The fourth-order valence-electron chi connectivity index (χ4n) is 4.50. The third kappa shape index (κ3) is 8.02. The largest absolute Gasteiger partial charge is 0.444 e. The number of thiophene rings is 1. The maximum Gasteiger partial charge on any atom is 0.410 e. The molecule has 1 aromatic carbocycles. The van der Waals surface area contributed by atoms with Crippen LogP contribution in [0.25, 0.3) is 20.8 Å². The second-order valence-electron chi connectivity index (χ2n) is 12.6. The molecule has 0 saturated heterocycles. The van der Waals surface area contributed by atoms with E-state index >= 15 is 0 Å². The van der Waals surface area contributed by atoms with E-state index in [0.29, 0.717) is 24.5 Å². The van der Waals surface area contributed by atoms with Gasteiger partial charge in [-0.25, -0.2) is 14.6 Å². The van der Waals surface area contributed by atoms with Crippen molar-refractivity contribution in [2.24, 2.45) is 0 Å². The highest BCUT2D eigenvalue weighted by Gasteiger charge is 2.32. The van der Waals surface area contributed by atoms with Gasteiger partial charge >= 0.3 is 12.2 Å². The molecule has 0 bridgehead atoms. The highest BCUT2D eigenvalue weighted by atomic mass is 79.9. The Bertz CT molecular complexity index is 1490. The standard InChI is InChI=1S/C30H39BrN4O5S2/c1-17(2)35(28(38)40-30(6,7)8)14-12-23(36)33-26-24(25-32-20-15-18(31)9-10-21(20)41-25)19-11-13-34(16-22(19)42-26)27(37)39-29(3,4)5/h9-10,15,17H,11-14,16H2,1-8H3,(H,33,36). The molecule has 12 heteroatoms. The van der Waals surface area contributed by atoms with E-state index in [-0.39, 0.29) is 31.0 Å². The molecule has 0 unspecified atom stereocenters. The van der Waals surface area contributed by atoms with E-state index in [0.717, 1.165) is 35.7 Å². The van der Waals surface area contributed by atoms with Crippen molar-refractivity contribution in [3.63, 3.8) is 0 Å². The number of hydrogen-bond donors (Lipinski definition) is 1. The number of nitrogens with one attached hydrogen (secondary N) is 1. The van der Waals surface area contributed by atoms with Crippen molar-refractivity contribution in [3.8, 4) is 10.6 Å². The van der Waals surface area contributed by atoms with Crippen molar-refractivity contribution >= 4 is 71.9 Å². The van der Waals surface area contributed by atoms with E-state index in [9.17, 15) is 14.4 Å². The molecular weight excluding hydrogens is 640 g/mol. The van der Waals surface area contributed by atoms with Gasteiger partial charge in [-0.2, -0.15) is 0 Å². The lowest BCUT2D eigenvalue weighted by atomic mass is 10.0. The highest BCUT2D eigenvalue weighted by Crippen LogP contribution is 2.46. The number of ether oxygens (including phenoxy) is 2. The number of rotatable bonds is 6. The van der Waals surface area contributed by atoms with Crippen LogP contribution >= 0.6 is 38.6 Å². The monoisotopic (exact) mass is 678 g/mol. The molecule has 228 valence electrons. The predicted octanol–water partition coefficient (Wildman–Crippen LogP) is 8.05. The zero-order valence-electron chi connectivity index (χ0n) is 25.4. The maximum absolute atomic E-state index is 13.3. The maximum atomic E-state index is 13.3. The van der Waals surface area contributed by atoms with Crippen molar-refractivity contribution in [1.82, 2.24) is 14.8 Å². The fourth-order valence-corrected chi connectivity index (χ4v) is 7.22. The molecule has 1 aliphatic rings. The number of benzene rings is 1. The number of hydrogen-bond acceptors (Lipinski definition) is 8. The van der Waals surface area contributed by atoms with Crippen molar-refractivity contribution in [3.05, 3.63) is 33.1 Å². The van der Waals surface area contributed by atoms with Crippen LogP contribution in [-0.2, 0) is 27.2 Å². The first-order chi connectivity index (χ1) is 19.5. The summed E-state index contributed by atoms with van der Waals surface area (Å²) >= 11 is 6.56. The quantitative estimate of drug-likeness (QED) is 0.283. The molecule has 1 aliphatic heterocycles. The highest BCUT2D eigenvalue weighted by molar-refractivity contribution is 9.10. The van der Waals surface area contributed by atoms with Gasteiger partial charge in [0.2, 0.25) is 5.91 Å². The molecule has 3 heterocycles. The normalized spacial score (nSPS) is 13.7. The van der Waals surface area contributed by atoms with Crippen LogP contribution in [0.4, 0.5) is 14.6 Å². The number of aromatic nitrogens is 1. The Labute approximate surface area is 263 Å². The minimum atomic E-state index is -0.628. The molecule has 0 aliphatic carbocycles. The molecule has 3 amide bonds. The molecule has 42 heavy (non-hydrogen) atoms. The van der Waals surface area contributed by atoms with Gasteiger partial charge in [0.05, 0.1) is 16.8 Å². The summed E-state index contributed by atoms with van der Waals surface area (Å²) in [6, 6.07) is 5.87. The molecule has 3 aromatic rings. The van der Waals surface area contributed by atoms with Gasteiger partial charge in [0.15, 0.2) is 0 Å². The molecule has 0 radical (unpaired) electrons. The summed E-state index contributed by atoms with van der Waals surface area (Å²) in [6.45, 7) is 15.9. The number of thiazole rings is 1. The number of nitrogens with zero attached hydrogens (tertiary/aromatic N) is 3. The molecule has 2 aromatic heterocycles. The molecule has 0 fully saturated rings. The van der Waals surface area contributed by atoms with Gasteiger partial charge < -0.3 is 24.6 Å². The zero-order valence-corrected chi connectivity index (χ0v) is 28.6. The van der Waals surface area contributed by atoms with Crippen molar-refractivity contribution in [1.29, 1.82) is 0 Å². The Morgan fingerprint density at radius 3 is 2.43 bits per heavy atom. The van der Waals surface area contributed by atoms with Gasteiger partial charge in [0.1, 0.15) is 21.2 Å². The van der Waals surface area contributed by atoms with Crippen LogP contribution < -0.4 is 5.32 Å². The van der Waals surface area contributed by atoms with Crippen LogP contribution in [0.1, 0.15) is 72.3 Å². The summed E-state index contributed by atoms with van der Waals surface area (Å²) in [5.74, 6) is -0.211. The van der Waals surface area contributed by atoms with Gasteiger partial charge in [-0.15, -0.1) is 22.7 Å². The summed E-state index contributed by atoms with van der Waals surface area (Å²) in [5.41, 5.74) is 1.65. The lowest BCUT2D eigenvalue weighted by molar-refractivity contribution is -0.116. The molecule has 1 N–H and O–H groups in total. The van der Waals surface area contributed by atoms with Gasteiger partial charge in [0, 0.05) is 40.5 Å². The topological polar surface area (TPSA) is 101 Å². The molecular formula is C30H39BrN4O5S2. The molecule has 0 spiro atoms. The van der Waals surface area contributed by atoms with Crippen LogP contribution in [0.5, 0.6) is 0 Å². The van der Waals surface area contributed by atoms with Gasteiger partial charge in [-0.1, -0.05) is 15.9 Å². The van der Waals surface area contributed by atoms with Crippen LogP contribution in [0, 0.1) is 0 Å². The Balaban J connectivity index is 1.61. The predicted molar refractivity (Wildman–Crippen MR) is 172 cm³/mol. The number of carbonyl (C=O) groups excluding carboxylic acids is 3. The molecule has 9 nitrogen and oxygen atoms in total. The molecule has 0 saturated carbocycles. The minimum absolute atomic E-state index is 0.107. The average Bonchev–Trinajstić information content (AvgIpc) is 3.41. The van der Waals surface area contributed by atoms with Gasteiger partial charge in [-0.05, 0) is 85.6 Å². The number of amides is 3. The first-order valence-electron chi connectivity index (χ1n) is 14.0. The Kier molecular flexibility index (Phi) is 9.59. The summed E-state index contributed by atoms with van der Waals surface area (Å²) in [4.78, 5) is 48.1. The molecule has 0 atom stereocenters. The number of fused-ring (bicyclic) bond motifs is 2. The summed E-state index contributed by atoms with van der Waals surface area (Å²) < 4.78 is 13.2. The lowest BCUT2D eigenvalue weighted by Crippen LogP contribution is -2.42. The Morgan fingerprint density at radius 1 is 1.10 bits per heavy atom. The van der Waals surface area contributed by atoms with E-state index in [2.05, 4.69) is 21.2 Å². The Hall–Kier alpha value is -2.70.